The lowest BCUT2D eigenvalue weighted by atomic mass is 10.2. The Hall–Kier alpha value is -1.06. The van der Waals surface area contributed by atoms with E-state index in [4.69, 9.17) is 5.73 Å². The van der Waals surface area contributed by atoms with Gasteiger partial charge in [0, 0.05) is 6.07 Å². The average molecular weight is 166 g/mol. The first-order chi connectivity index (χ1) is 5.41. The van der Waals surface area contributed by atoms with E-state index >= 15 is 0 Å². The van der Waals surface area contributed by atoms with E-state index in [1.165, 1.54) is 0 Å². The smallest absolute Gasteiger partial charge is 0.155 e. The number of nitrogens with two attached hydrogens (primary N) is 1. The summed E-state index contributed by atoms with van der Waals surface area (Å²) in [4.78, 5) is 0. The van der Waals surface area contributed by atoms with Crippen molar-refractivity contribution in [3.8, 4) is 0 Å². The molecule has 0 saturated carbocycles. The number of anilines is 1. The molecule has 0 fully saturated rings. The highest BCUT2D eigenvalue weighted by molar-refractivity contribution is 5.65. The van der Waals surface area contributed by atoms with Crippen LogP contribution in [0.15, 0.2) is 18.2 Å². The van der Waals surface area contributed by atoms with Crippen molar-refractivity contribution in [3.63, 3.8) is 0 Å². The molecule has 12 heavy (non-hydrogen) atoms. The monoisotopic (exact) mass is 166 g/mol. The largest absolute Gasteiger partial charge is 0.628 e. The topological polar surface area (TPSA) is 49.1 Å². The lowest BCUT2D eigenvalue weighted by Gasteiger charge is -2.33. The highest BCUT2D eigenvalue weighted by Crippen LogP contribution is 2.26. The Balaban J connectivity index is 3.19. The normalized spacial score (nSPS) is 11.7. The molecule has 0 bridgehead atoms. The zero-order valence-electron chi connectivity index (χ0n) is 7.66. The van der Waals surface area contributed by atoms with E-state index in [2.05, 4.69) is 0 Å². The molecular formula is C9H14N2O. The molecule has 0 aliphatic rings. The van der Waals surface area contributed by atoms with Gasteiger partial charge in [-0.15, -0.1) is 0 Å². The molecule has 3 heteroatoms. The third kappa shape index (κ3) is 1.75. The molecule has 0 unspecified atom stereocenters. The maximum absolute atomic E-state index is 11.5. The van der Waals surface area contributed by atoms with Crippen LogP contribution in [0, 0.1) is 12.1 Å². The van der Waals surface area contributed by atoms with Gasteiger partial charge in [-0.1, -0.05) is 6.07 Å². The van der Waals surface area contributed by atoms with Gasteiger partial charge in [0.05, 0.1) is 19.8 Å². The number of nitrogens with zero attached hydrogens (tertiary/aromatic N) is 1. The van der Waals surface area contributed by atoms with Crippen molar-refractivity contribution in [2.45, 2.75) is 6.92 Å². The number of quaternary nitrogens is 1. The second-order valence-corrected chi connectivity index (χ2v) is 3.41. The minimum Gasteiger partial charge on any atom is -0.628 e. The maximum atomic E-state index is 11.5. The van der Waals surface area contributed by atoms with E-state index in [0.717, 1.165) is 5.56 Å². The van der Waals surface area contributed by atoms with Gasteiger partial charge in [-0.3, -0.25) is 0 Å². The predicted octanol–water partition coefficient (Wildman–Crippen LogP) is 1.64. The summed E-state index contributed by atoms with van der Waals surface area (Å²) >= 11 is 0. The van der Waals surface area contributed by atoms with E-state index < -0.39 is 4.65 Å². The highest BCUT2D eigenvalue weighted by atomic mass is 16.5. The van der Waals surface area contributed by atoms with Crippen LogP contribution in [0.1, 0.15) is 5.56 Å². The summed E-state index contributed by atoms with van der Waals surface area (Å²) in [6.07, 6.45) is 0. The Morgan fingerprint density at radius 3 is 2.33 bits per heavy atom. The van der Waals surface area contributed by atoms with Gasteiger partial charge in [0.2, 0.25) is 0 Å². The van der Waals surface area contributed by atoms with Crippen LogP contribution >= 0.6 is 0 Å². The Kier molecular flexibility index (Phi) is 2.08. The minimum absolute atomic E-state index is 0.480. The first-order valence-electron chi connectivity index (χ1n) is 3.83. The summed E-state index contributed by atoms with van der Waals surface area (Å²) in [6, 6.07) is 5.48. The lowest BCUT2D eigenvalue weighted by molar-refractivity contribution is 0.545. The molecule has 0 aliphatic heterocycles. The summed E-state index contributed by atoms with van der Waals surface area (Å²) in [6.45, 7) is 1.95. The molecular weight excluding hydrogens is 152 g/mol. The molecule has 0 saturated heterocycles. The molecule has 0 radical (unpaired) electrons. The number of benzene rings is 1. The van der Waals surface area contributed by atoms with Crippen molar-refractivity contribution < 1.29 is 0 Å². The molecule has 1 rings (SSSR count). The van der Waals surface area contributed by atoms with E-state index in [9.17, 15) is 5.21 Å². The van der Waals surface area contributed by atoms with Gasteiger partial charge in [-0.05, 0) is 18.6 Å². The van der Waals surface area contributed by atoms with Crippen LogP contribution in [0.5, 0.6) is 0 Å². The average Bonchev–Trinajstić information content (AvgIpc) is 1.83. The van der Waals surface area contributed by atoms with Crippen molar-refractivity contribution in [1.82, 2.24) is 4.65 Å². The van der Waals surface area contributed by atoms with E-state index in [0.29, 0.717) is 11.4 Å². The zero-order valence-corrected chi connectivity index (χ0v) is 7.66. The van der Waals surface area contributed by atoms with Gasteiger partial charge in [-0.2, -0.15) is 0 Å². The van der Waals surface area contributed by atoms with Crippen LogP contribution in [0.3, 0.4) is 0 Å². The van der Waals surface area contributed by atoms with E-state index in [1.807, 2.05) is 19.1 Å². The van der Waals surface area contributed by atoms with Crippen LogP contribution in [0.4, 0.5) is 11.4 Å². The van der Waals surface area contributed by atoms with Gasteiger partial charge in [0.25, 0.3) is 0 Å². The third-order valence-electron chi connectivity index (χ3n) is 1.76. The molecule has 0 amide bonds. The first-order valence-corrected chi connectivity index (χ1v) is 3.83. The molecule has 2 N–H and O–H groups in total. The van der Waals surface area contributed by atoms with E-state index in [1.54, 1.807) is 20.2 Å². The summed E-state index contributed by atoms with van der Waals surface area (Å²) in [5.41, 5.74) is 7.94. The standard InChI is InChI=1S/C9H14N2O/c1-7-4-5-9(8(10)6-7)11(2,3)12/h4-6H,10H2,1-3H3. The number of hydrogen-bond acceptors (Lipinski definition) is 2. The fourth-order valence-electron chi connectivity index (χ4n) is 1.16. The van der Waals surface area contributed by atoms with Crippen LogP contribution in [-0.4, -0.2) is 14.1 Å². The number of hydroxylamine groups is 2. The molecule has 1 aromatic rings. The zero-order chi connectivity index (χ0) is 9.35. The molecule has 1 aromatic carbocycles. The molecule has 0 atom stereocenters. The second kappa shape index (κ2) is 2.77. The van der Waals surface area contributed by atoms with Gasteiger partial charge in [0.15, 0.2) is 5.69 Å². The fourth-order valence-corrected chi connectivity index (χ4v) is 1.16. The third-order valence-corrected chi connectivity index (χ3v) is 1.76. The number of nitrogen functional groups attached to an aromatic ring is 1. The van der Waals surface area contributed by atoms with Crippen molar-refractivity contribution in [3.05, 3.63) is 29.0 Å². The molecule has 0 spiro atoms. The molecule has 0 aromatic heterocycles. The Morgan fingerprint density at radius 1 is 1.33 bits per heavy atom. The Morgan fingerprint density at radius 2 is 1.92 bits per heavy atom. The van der Waals surface area contributed by atoms with Crippen LogP contribution in [0.25, 0.3) is 0 Å². The van der Waals surface area contributed by atoms with Crippen molar-refractivity contribution in [1.29, 1.82) is 0 Å². The second-order valence-electron chi connectivity index (χ2n) is 3.41. The molecule has 0 heterocycles. The summed E-state index contributed by atoms with van der Waals surface area (Å²) in [7, 11) is 3.11. The summed E-state index contributed by atoms with van der Waals surface area (Å²) in [5.74, 6) is 0. The Labute approximate surface area is 72.6 Å². The van der Waals surface area contributed by atoms with Crippen LogP contribution in [0.2, 0.25) is 0 Å². The van der Waals surface area contributed by atoms with Crippen molar-refractivity contribution >= 4 is 11.4 Å². The lowest BCUT2D eigenvalue weighted by Crippen LogP contribution is -2.33. The summed E-state index contributed by atoms with van der Waals surface area (Å²) < 4.78 is -0.480. The van der Waals surface area contributed by atoms with Crippen molar-refractivity contribution in [2.24, 2.45) is 0 Å². The van der Waals surface area contributed by atoms with Crippen LogP contribution < -0.4 is 10.4 Å². The molecule has 3 nitrogen and oxygen atoms in total. The van der Waals surface area contributed by atoms with E-state index in [-0.39, 0.29) is 0 Å². The molecule has 66 valence electrons. The maximum Gasteiger partial charge on any atom is 0.155 e. The number of aryl methyl sites for hydroxylation is 1. The predicted molar refractivity (Wildman–Crippen MR) is 52.6 cm³/mol. The first kappa shape index (κ1) is 9.03. The Bertz CT molecular complexity index is 289. The number of hydrogen-bond donors (Lipinski definition) is 1. The van der Waals surface area contributed by atoms with Crippen LogP contribution in [-0.2, 0) is 0 Å². The quantitative estimate of drug-likeness (QED) is 0.391. The summed E-state index contributed by atoms with van der Waals surface area (Å²) in [5, 5.41) is 11.5. The fraction of sp³-hybridized carbons (Fsp3) is 0.333. The molecule has 0 aliphatic carbocycles. The SMILES string of the molecule is Cc1ccc([N+](C)(C)[O-])c(N)c1. The van der Waals surface area contributed by atoms with Gasteiger partial charge < -0.3 is 15.6 Å². The minimum atomic E-state index is -0.480. The number of rotatable bonds is 1. The van der Waals surface area contributed by atoms with Gasteiger partial charge in [-0.25, -0.2) is 0 Å². The van der Waals surface area contributed by atoms with Crippen molar-refractivity contribution in [2.75, 3.05) is 19.8 Å². The van der Waals surface area contributed by atoms with Gasteiger partial charge >= 0.3 is 0 Å². The highest BCUT2D eigenvalue weighted by Gasteiger charge is 2.10. The van der Waals surface area contributed by atoms with Gasteiger partial charge in [0.1, 0.15) is 0 Å².